The number of hydrogen-bond acceptors (Lipinski definition) is 6. The van der Waals surface area contributed by atoms with Gasteiger partial charge >= 0.3 is 12.1 Å². The minimum atomic E-state index is -5.10. The largest absolute Gasteiger partial charge is 0.493 e. The van der Waals surface area contributed by atoms with Gasteiger partial charge in [0.05, 0.1) is 10.6 Å². The van der Waals surface area contributed by atoms with E-state index in [-0.39, 0.29) is 11.4 Å². The lowest BCUT2D eigenvalue weighted by atomic mass is 10.1. The summed E-state index contributed by atoms with van der Waals surface area (Å²) in [4.78, 5) is 26.2. The first-order valence-corrected chi connectivity index (χ1v) is 7.84. The molecule has 2 rings (SSSR count). The number of carbonyl (C=O) groups is 1. The number of halogens is 3. The van der Waals surface area contributed by atoms with Gasteiger partial charge < -0.3 is 4.84 Å². The van der Waals surface area contributed by atoms with Gasteiger partial charge in [0.25, 0.3) is 5.69 Å². The van der Waals surface area contributed by atoms with E-state index >= 15 is 0 Å². The zero-order valence-electron chi connectivity index (χ0n) is 13.2. The summed E-state index contributed by atoms with van der Waals surface area (Å²) < 4.78 is 36.1. The van der Waals surface area contributed by atoms with Crippen LogP contribution in [0, 0.1) is 10.1 Å². The lowest BCUT2D eigenvalue weighted by Crippen LogP contribution is -2.24. The van der Waals surface area contributed by atoms with Gasteiger partial charge in [-0.15, -0.1) is 0 Å². The predicted molar refractivity (Wildman–Crippen MR) is 88.0 cm³/mol. The number of nitro groups is 1. The minimum Gasteiger partial charge on any atom is -0.309 e. The average Bonchev–Trinajstić information content (AvgIpc) is 2.59. The standard InChI is InChI=1S/C16H11F3N2O4S/c1-10(20-25-15(22)16(17,18)19)11-2-6-13(7-3-11)26-14-8-4-12(5-9-14)21(23)24/h2-9H,1H3. The van der Waals surface area contributed by atoms with E-state index in [0.29, 0.717) is 5.56 Å². The molecule has 0 saturated heterocycles. The van der Waals surface area contributed by atoms with Crippen molar-refractivity contribution >= 4 is 29.1 Å². The molecule has 0 saturated carbocycles. The van der Waals surface area contributed by atoms with E-state index in [9.17, 15) is 28.1 Å². The van der Waals surface area contributed by atoms with E-state index < -0.39 is 17.1 Å². The molecule has 26 heavy (non-hydrogen) atoms. The van der Waals surface area contributed by atoms with Gasteiger partial charge in [-0.2, -0.15) is 13.2 Å². The smallest absolute Gasteiger partial charge is 0.309 e. The van der Waals surface area contributed by atoms with Crippen LogP contribution in [-0.4, -0.2) is 22.8 Å². The number of benzene rings is 2. The van der Waals surface area contributed by atoms with Crippen LogP contribution in [0.25, 0.3) is 0 Å². The van der Waals surface area contributed by atoms with Crippen molar-refractivity contribution in [1.29, 1.82) is 0 Å². The summed E-state index contributed by atoms with van der Waals surface area (Å²) in [5, 5.41) is 13.8. The molecule has 0 unspecified atom stereocenters. The maximum Gasteiger partial charge on any atom is 0.493 e. The first-order valence-electron chi connectivity index (χ1n) is 7.02. The van der Waals surface area contributed by atoms with Crippen LogP contribution in [0.4, 0.5) is 18.9 Å². The van der Waals surface area contributed by atoms with E-state index in [4.69, 9.17) is 0 Å². The molecule has 0 aromatic heterocycles. The average molecular weight is 384 g/mol. The van der Waals surface area contributed by atoms with Crippen molar-refractivity contribution in [3.05, 3.63) is 64.2 Å². The molecular formula is C16H11F3N2O4S. The Bertz CT molecular complexity index is 834. The highest BCUT2D eigenvalue weighted by atomic mass is 32.2. The Balaban J connectivity index is 2.03. The summed E-state index contributed by atoms with van der Waals surface area (Å²) in [6, 6.07) is 12.6. The zero-order valence-corrected chi connectivity index (χ0v) is 14.0. The molecule has 0 atom stereocenters. The molecule has 0 N–H and O–H groups in total. The molecule has 0 aliphatic carbocycles. The van der Waals surface area contributed by atoms with Gasteiger partial charge in [0, 0.05) is 21.9 Å². The van der Waals surface area contributed by atoms with Crippen molar-refractivity contribution in [2.24, 2.45) is 5.16 Å². The third-order valence-electron chi connectivity index (χ3n) is 3.05. The number of non-ortho nitro benzene ring substituents is 1. The summed E-state index contributed by atoms with van der Waals surface area (Å²) >= 11 is 1.35. The molecular weight excluding hydrogens is 373 g/mol. The molecule has 0 aliphatic heterocycles. The summed E-state index contributed by atoms with van der Waals surface area (Å²) in [5.41, 5.74) is 0.576. The molecule has 0 aliphatic rings. The second kappa shape index (κ2) is 8.00. The van der Waals surface area contributed by atoms with Crippen LogP contribution < -0.4 is 0 Å². The van der Waals surface area contributed by atoms with Gasteiger partial charge in [-0.05, 0) is 36.8 Å². The lowest BCUT2D eigenvalue weighted by molar-refractivity contribution is -0.384. The Morgan fingerprint density at radius 2 is 1.58 bits per heavy atom. The van der Waals surface area contributed by atoms with Gasteiger partial charge in [-0.25, -0.2) is 4.79 Å². The third kappa shape index (κ3) is 5.31. The van der Waals surface area contributed by atoms with E-state index in [1.54, 1.807) is 36.4 Å². The van der Waals surface area contributed by atoms with E-state index in [2.05, 4.69) is 9.99 Å². The monoisotopic (exact) mass is 384 g/mol. The van der Waals surface area contributed by atoms with Crippen molar-refractivity contribution in [2.45, 2.75) is 22.9 Å². The van der Waals surface area contributed by atoms with Crippen LogP contribution in [0.15, 0.2) is 63.5 Å². The molecule has 0 heterocycles. The number of carbonyl (C=O) groups excluding carboxylic acids is 1. The number of hydrogen-bond donors (Lipinski definition) is 0. The van der Waals surface area contributed by atoms with E-state index in [0.717, 1.165) is 9.79 Å². The molecule has 2 aromatic rings. The van der Waals surface area contributed by atoms with Crippen LogP contribution in [0.5, 0.6) is 0 Å². The number of oxime groups is 1. The summed E-state index contributed by atoms with van der Waals surface area (Å²) in [7, 11) is 0. The van der Waals surface area contributed by atoms with Crippen molar-refractivity contribution in [1.82, 2.24) is 0 Å². The molecule has 10 heteroatoms. The molecule has 0 spiro atoms. The topological polar surface area (TPSA) is 81.8 Å². The van der Waals surface area contributed by atoms with Crippen molar-refractivity contribution in [3.63, 3.8) is 0 Å². The number of nitro benzene ring substituents is 1. The SMILES string of the molecule is CC(=NOC(=O)C(F)(F)F)c1ccc(Sc2ccc([N+](=O)[O-])cc2)cc1. The van der Waals surface area contributed by atoms with Crippen molar-refractivity contribution < 1.29 is 27.7 Å². The molecule has 2 aromatic carbocycles. The zero-order chi connectivity index (χ0) is 19.3. The molecule has 136 valence electrons. The fourth-order valence-corrected chi connectivity index (χ4v) is 2.57. The molecule has 0 amide bonds. The second-order valence-electron chi connectivity index (χ2n) is 4.93. The van der Waals surface area contributed by atoms with Gasteiger partial charge in [0.15, 0.2) is 0 Å². The van der Waals surface area contributed by atoms with Gasteiger partial charge in [0.1, 0.15) is 0 Å². The van der Waals surface area contributed by atoms with Crippen LogP contribution in [0.3, 0.4) is 0 Å². The van der Waals surface area contributed by atoms with Crippen LogP contribution in [-0.2, 0) is 9.63 Å². The highest BCUT2D eigenvalue weighted by Gasteiger charge is 2.41. The highest BCUT2D eigenvalue weighted by molar-refractivity contribution is 7.99. The fourth-order valence-electron chi connectivity index (χ4n) is 1.75. The normalized spacial score (nSPS) is 11.9. The lowest BCUT2D eigenvalue weighted by Gasteiger charge is -2.05. The van der Waals surface area contributed by atoms with Gasteiger partial charge in [-0.1, -0.05) is 29.1 Å². The first kappa shape index (κ1) is 19.4. The number of nitrogens with zero attached hydrogens (tertiary/aromatic N) is 2. The molecule has 6 nitrogen and oxygen atoms in total. The maximum atomic E-state index is 12.0. The second-order valence-corrected chi connectivity index (χ2v) is 6.08. The van der Waals surface area contributed by atoms with Gasteiger partial charge in [0.2, 0.25) is 0 Å². The van der Waals surface area contributed by atoms with Crippen LogP contribution in [0.2, 0.25) is 0 Å². The molecule has 0 fully saturated rings. The third-order valence-corrected chi connectivity index (χ3v) is 4.07. The van der Waals surface area contributed by atoms with Crippen molar-refractivity contribution in [3.8, 4) is 0 Å². The summed E-state index contributed by atoms with van der Waals surface area (Å²) in [5.74, 6) is -2.39. The Kier molecular flexibility index (Phi) is 5.98. The predicted octanol–water partition coefficient (Wildman–Crippen LogP) is 4.58. The Morgan fingerprint density at radius 1 is 1.08 bits per heavy atom. The Morgan fingerprint density at radius 3 is 2.04 bits per heavy atom. The quantitative estimate of drug-likeness (QED) is 0.326. The van der Waals surface area contributed by atoms with E-state index in [1.807, 2.05) is 0 Å². The first-order chi connectivity index (χ1) is 12.2. The maximum absolute atomic E-state index is 12.0. The Labute approximate surface area is 149 Å². The van der Waals surface area contributed by atoms with Gasteiger partial charge in [-0.3, -0.25) is 10.1 Å². The summed E-state index contributed by atoms with van der Waals surface area (Å²) in [6.45, 7) is 1.40. The minimum absolute atomic E-state index is 0.00932. The number of alkyl halides is 3. The molecule has 0 bridgehead atoms. The van der Waals surface area contributed by atoms with Crippen LogP contribution in [0.1, 0.15) is 12.5 Å². The molecule has 0 radical (unpaired) electrons. The highest BCUT2D eigenvalue weighted by Crippen LogP contribution is 2.29. The van der Waals surface area contributed by atoms with E-state index in [1.165, 1.54) is 30.8 Å². The van der Waals surface area contributed by atoms with Crippen LogP contribution >= 0.6 is 11.8 Å². The van der Waals surface area contributed by atoms with Crippen molar-refractivity contribution in [2.75, 3.05) is 0 Å². The Hall–Kier alpha value is -2.88. The fraction of sp³-hybridized carbons (Fsp3) is 0.125. The number of rotatable bonds is 5. The summed E-state index contributed by atoms with van der Waals surface area (Å²) in [6.07, 6.45) is -5.10.